The van der Waals surface area contributed by atoms with Crippen molar-refractivity contribution >= 4 is 26.9 Å². The Morgan fingerprint density at radius 1 is 0.938 bits per heavy atom. The average Bonchev–Trinajstić information content (AvgIpc) is 3.11. The molecule has 3 aromatic carbocycles. The molecule has 1 N–H and O–H groups in total. The number of halogens is 1. The van der Waals surface area contributed by atoms with E-state index in [0.717, 1.165) is 38.9 Å². The molecule has 0 atom stereocenters. The number of benzene rings is 3. The number of rotatable bonds is 2. The molecule has 1 heterocycles. The SMILES string of the molecule is Cc1ccc2c3c([nH]c2c1)C(C)(C)c1cc(-c2cccc(S(=O)(=O)F)c2)c(C)cc1C3=O. The van der Waals surface area contributed by atoms with Gasteiger partial charge in [0, 0.05) is 27.6 Å². The number of hydrogen-bond acceptors (Lipinski definition) is 3. The second-order valence-corrected chi connectivity index (χ2v) is 10.4. The number of H-pyrrole nitrogens is 1. The lowest BCUT2D eigenvalue weighted by atomic mass is 9.70. The van der Waals surface area contributed by atoms with E-state index in [1.165, 1.54) is 18.2 Å². The molecule has 0 bridgehead atoms. The van der Waals surface area contributed by atoms with Crippen LogP contribution in [0.1, 0.15) is 52.2 Å². The summed E-state index contributed by atoms with van der Waals surface area (Å²) in [6.45, 7) is 8.03. The van der Waals surface area contributed by atoms with Crippen molar-refractivity contribution in [1.29, 1.82) is 0 Å². The predicted molar refractivity (Wildman–Crippen MR) is 124 cm³/mol. The van der Waals surface area contributed by atoms with Gasteiger partial charge in [-0.3, -0.25) is 4.79 Å². The summed E-state index contributed by atoms with van der Waals surface area (Å²) in [5.41, 5.74) is 6.79. The fourth-order valence-electron chi connectivity index (χ4n) is 4.82. The number of nitrogens with one attached hydrogen (secondary N) is 1. The molecule has 162 valence electrons. The molecule has 0 unspecified atom stereocenters. The Kier molecular flexibility index (Phi) is 4.27. The molecule has 0 saturated heterocycles. The van der Waals surface area contributed by atoms with Crippen LogP contribution in [0, 0.1) is 13.8 Å². The zero-order valence-corrected chi connectivity index (χ0v) is 19.0. The molecule has 4 aromatic rings. The number of aromatic nitrogens is 1. The maximum absolute atomic E-state index is 13.6. The van der Waals surface area contributed by atoms with Crippen LogP contribution in [-0.2, 0) is 15.6 Å². The van der Waals surface area contributed by atoms with Crippen molar-refractivity contribution in [2.75, 3.05) is 0 Å². The van der Waals surface area contributed by atoms with E-state index >= 15 is 0 Å². The van der Waals surface area contributed by atoms with Gasteiger partial charge in [0.15, 0.2) is 5.78 Å². The highest BCUT2D eigenvalue weighted by Crippen LogP contribution is 2.45. The first-order valence-corrected chi connectivity index (χ1v) is 11.7. The van der Waals surface area contributed by atoms with E-state index in [1.54, 1.807) is 6.07 Å². The van der Waals surface area contributed by atoms with Crippen LogP contribution in [0.2, 0.25) is 0 Å². The van der Waals surface area contributed by atoms with Crippen molar-refractivity contribution in [2.24, 2.45) is 0 Å². The molecule has 0 fully saturated rings. The monoisotopic (exact) mass is 447 g/mol. The minimum atomic E-state index is -4.81. The van der Waals surface area contributed by atoms with Crippen LogP contribution in [0.15, 0.2) is 59.5 Å². The van der Waals surface area contributed by atoms with Crippen LogP contribution in [0.5, 0.6) is 0 Å². The van der Waals surface area contributed by atoms with Crippen molar-refractivity contribution in [3.05, 3.63) is 88.1 Å². The second kappa shape index (κ2) is 6.62. The van der Waals surface area contributed by atoms with Gasteiger partial charge in [-0.25, -0.2) is 0 Å². The maximum Gasteiger partial charge on any atom is 0.332 e. The van der Waals surface area contributed by atoms with E-state index < -0.39 is 15.6 Å². The number of carbonyl (C=O) groups is 1. The Hall–Kier alpha value is -3.25. The van der Waals surface area contributed by atoms with E-state index in [-0.39, 0.29) is 10.7 Å². The Bertz CT molecular complexity index is 1560. The lowest BCUT2D eigenvalue weighted by molar-refractivity contribution is 0.103. The van der Waals surface area contributed by atoms with E-state index in [1.807, 2.05) is 44.2 Å². The van der Waals surface area contributed by atoms with Gasteiger partial charge in [0.25, 0.3) is 0 Å². The van der Waals surface area contributed by atoms with Crippen molar-refractivity contribution < 1.29 is 17.1 Å². The van der Waals surface area contributed by atoms with Crippen molar-refractivity contribution in [3.63, 3.8) is 0 Å². The number of fused-ring (bicyclic) bond motifs is 4. The van der Waals surface area contributed by atoms with Gasteiger partial charge in [-0.05, 0) is 72.0 Å². The number of carbonyl (C=O) groups excluding carboxylic acids is 1. The zero-order chi connectivity index (χ0) is 23.0. The number of hydrogen-bond donors (Lipinski definition) is 1. The maximum atomic E-state index is 13.6. The van der Waals surface area contributed by atoms with Crippen LogP contribution < -0.4 is 0 Å². The van der Waals surface area contributed by atoms with Gasteiger partial charge < -0.3 is 4.98 Å². The number of ketones is 1. The third-order valence-electron chi connectivity index (χ3n) is 6.52. The molecule has 32 heavy (non-hydrogen) atoms. The Morgan fingerprint density at radius 2 is 1.69 bits per heavy atom. The Balaban J connectivity index is 1.76. The van der Waals surface area contributed by atoms with Gasteiger partial charge in [-0.15, -0.1) is 3.89 Å². The highest BCUT2D eigenvalue weighted by Gasteiger charge is 2.40. The van der Waals surface area contributed by atoms with Crippen LogP contribution in [0.3, 0.4) is 0 Å². The van der Waals surface area contributed by atoms with Gasteiger partial charge in [0.2, 0.25) is 0 Å². The van der Waals surface area contributed by atoms with Crippen LogP contribution in [-0.4, -0.2) is 19.2 Å². The van der Waals surface area contributed by atoms with Gasteiger partial charge >= 0.3 is 10.2 Å². The standard InChI is InChI=1S/C26H22FNO3S/c1-14-8-9-18-22(10-14)28-25-23(18)24(29)20-11-15(2)19(13-21(20)26(25,3)4)16-6-5-7-17(12-16)32(27,30)31/h5-13,28H,1-4H3. The lowest BCUT2D eigenvalue weighted by Crippen LogP contribution is -2.30. The minimum absolute atomic E-state index is 0.0286. The van der Waals surface area contributed by atoms with Crippen molar-refractivity contribution in [2.45, 2.75) is 38.0 Å². The summed E-state index contributed by atoms with van der Waals surface area (Å²) in [5, 5.41) is 0.914. The predicted octanol–water partition coefficient (Wildman–Crippen LogP) is 5.98. The molecule has 0 aliphatic heterocycles. The third kappa shape index (κ3) is 2.93. The molecule has 6 heteroatoms. The number of aromatic amines is 1. The molecule has 0 spiro atoms. The Morgan fingerprint density at radius 3 is 2.41 bits per heavy atom. The molecule has 0 amide bonds. The molecule has 1 aromatic heterocycles. The second-order valence-electron chi connectivity index (χ2n) is 9.06. The van der Waals surface area contributed by atoms with Gasteiger partial charge in [-0.2, -0.15) is 8.42 Å². The largest absolute Gasteiger partial charge is 0.357 e. The first kappa shape index (κ1) is 20.6. The fraction of sp³-hybridized carbons (Fsp3) is 0.192. The fourth-order valence-corrected chi connectivity index (χ4v) is 5.33. The molecule has 0 saturated carbocycles. The summed E-state index contributed by atoms with van der Waals surface area (Å²) in [6, 6.07) is 15.7. The van der Waals surface area contributed by atoms with E-state index in [4.69, 9.17) is 0 Å². The quantitative estimate of drug-likeness (QED) is 0.384. The van der Waals surface area contributed by atoms with Gasteiger partial charge in [0.05, 0.1) is 10.5 Å². The molecule has 1 aliphatic rings. The summed E-state index contributed by atoms with van der Waals surface area (Å²) in [4.78, 5) is 16.7. The van der Waals surface area contributed by atoms with Crippen LogP contribution >= 0.6 is 0 Å². The minimum Gasteiger partial charge on any atom is -0.357 e. The normalized spacial score (nSPS) is 15.0. The van der Waals surface area contributed by atoms with Crippen molar-refractivity contribution in [3.8, 4) is 11.1 Å². The van der Waals surface area contributed by atoms with E-state index in [0.29, 0.717) is 16.7 Å². The molecular formula is C26H22FNO3S. The van der Waals surface area contributed by atoms with E-state index in [9.17, 15) is 17.1 Å². The molecule has 5 rings (SSSR count). The summed E-state index contributed by atoms with van der Waals surface area (Å²) < 4.78 is 36.4. The van der Waals surface area contributed by atoms with Gasteiger partial charge in [0.1, 0.15) is 0 Å². The molecule has 4 nitrogen and oxygen atoms in total. The van der Waals surface area contributed by atoms with Crippen LogP contribution in [0.25, 0.3) is 22.0 Å². The molecular weight excluding hydrogens is 425 g/mol. The lowest BCUT2D eigenvalue weighted by Gasteiger charge is -2.33. The highest BCUT2D eigenvalue weighted by atomic mass is 32.3. The molecule has 0 radical (unpaired) electrons. The summed E-state index contributed by atoms with van der Waals surface area (Å²) >= 11 is 0. The van der Waals surface area contributed by atoms with Crippen molar-refractivity contribution in [1.82, 2.24) is 4.98 Å². The first-order chi connectivity index (χ1) is 15.0. The summed E-state index contributed by atoms with van der Waals surface area (Å²) in [5.74, 6) is -0.0286. The summed E-state index contributed by atoms with van der Waals surface area (Å²) in [6.07, 6.45) is 0. The van der Waals surface area contributed by atoms with Crippen LogP contribution in [0.4, 0.5) is 3.89 Å². The summed E-state index contributed by atoms with van der Waals surface area (Å²) in [7, 11) is -4.81. The molecule has 1 aliphatic carbocycles. The first-order valence-electron chi connectivity index (χ1n) is 10.4. The third-order valence-corrected chi connectivity index (χ3v) is 7.33. The topological polar surface area (TPSA) is 67.0 Å². The average molecular weight is 448 g/mol. The highest BCUT2D eigenvalue weighted by molar-refractivity contribution is 7.86. The zero-order valence-electron chi connectivity index (χ0n) is 18.2. The van der Waals surface area contributed by atoms with Gasteiger partial charge in [-0.1, -0.05) is 38.1 Å². The Labute approximate surface area is 186 Å². The van der Waals surface area contributed by atoms with E-state index in [2.05, 4.69) is 18.8 Å². The number of aryl methyl sites for hydroxylation is 2. The smallest absolute Gasteiger partial charge is 0.332 e.